The summed E-state index contributed by atoms with van der Waals surface area (Å²) in [4.78, 5) is 65.6. The van der Waals surface area contributed by atoms with Crippen LogP contribution >= 0.6 is 21.6 Å². The van der Waals surface area contributed by atoms with Gasteiger partial charge in [0.05, 0.1) is 48.8 Å². The van der Waals surface area contributed by atoms with Gasteiger partial charge >= 0.3 is 0 Å². The fraction of sp³-hybridized carbons (Fsp3) is 0.407. The first-order chi connectivity index (χ1) is 36.8. The van der Waals surface area contributed by atoms with Gasteiger partial charge in [-0.05, 0) is 124 Å². The van der Waals surface area contributed by atoms with Crippen LogP contribution in [0.3, 0.4) is 0 Å². The second-order valence-electron chi connectivity index (χ2n) is 20.3. The molecule has 0 radical (unpaired) electrons. The Morgan fingerprint density at radius 1 is 0.750 bits per heavy atom. The molecule has 0 aliphatic carbocycles. The zero-order chi connectivity index (χ0) is 53.3. The minimum Gasteiger partial charge on any atom is -0.493 e. The van der Waals surface area contributed by atoms with Crippen LogP contribution in [0.5, 0.6) is 23.0 Å². The molecule has 4 aliphatic heterocycles. The van der Waals surface area contributed by atoms with Crippen LogP contribution in [0.4, 0.5) is 28.4 Å². The van der Waals surface area contributed by atoms with Gasteiger partial charge in [0.25, 0.3) is 11.8 Å². The fourth-order valence-electron chi connectivity index (χ4n) is 10.4. The summed E-state index contributed by atoms with van der Waals surface area (Å²) in [6, 6.07) is 29.1. The second-order valence-corrected chi connectivity index (χ2v) is 23.4. The maximum atomic E-state index is 14.3. The summed E-state index contributed by atoms with van der Waals surface area (Å²) in [6.07, 6.45) is 7.61. The van der Waals surface area contributed by atoms with Crippen molar-refractivity contribution in [1.29, 1.82) is 0 Å². The average molecular weight is 1070 g/mol. The molecule has 15 nitrogen and oxygen atoms in total. The van der Waals surface area contributed by atoms with Gasteiger partial charge in [0.15, 0.2) is 23.0 Å². The third-order valence-corrected chi connectivity index (χ3v) is 17.7. The highest BCUT2D eigenvalue weighted by molar-refractivity contribution is 8.77. The number of nitrogens with zero attached hydrogens (tertiary/aromatic N) is 4. The molecule has 0 unspecified atom stereocenters. The van der Waals surface area contributed by atoms with E-state index in [1.807, 2.05) is 83.6 Å². The normalized spacial score (nSPS) is 16.4. The first-order valence-electron chi connectivity index (χ1n) is 26.2. The number of likely N-dealkylation sites (N-methyl/N-ethyl adjacent to an activating group) is 1. The topological polar surface area (TPSA) is 161 Å². The lowest BCUT2D eigenvalue weighted by molar-refractivity contribution is -0.119. The number of Topliss-reactive ketones (excluding diaryl/α,β-unsaturated/α-hetero) is 1. The second kappa shape index (κ2) is 24.4. The van der Waals surface area contributed by atoms with Crippen molar-refractivity contribution in [2.75, 3.05) is 72.0 Å². The number of anilines is 5. The molecule has 400 valence electrons. The standard InChI is InChI=1S/C59H68N6O9S2/c1-7-61-74-23-13-12-17-45(66)18-14-24-75-76-59(2,3)22-21-56(67)62-42-26-38(36-72-54-32-48-46(30-52(54)70-5)57(68)64-43(34-60-48)28-40-15-8-10-19-49(40)64)25-39(27-42)37-73-55-33-51-47(31-53(55)71-6)58(69)65-44(35-63(51)4)29-41-16-9-11-20-50(41)65/h7-11,15-16,19-20,25-27,30-33,43-44,60H,12-14,17-18,21-24,28-29,34-37H2,1-6H3,(H,62,67)/t43-,44-/m0/s1. The van der Waals surface area contributed by atoms with Crippen LogP contribution in [0.1, 0.15) is 109 Å². The Balaban J connectivity index is 0.888. The average Bonchev–Trinajstić information content (AvgIpc) is 3.92. The Morgan fingerprint density at radius 2 is 1.37 bits per heavy atom. The van der Waals surface area contributed by atoms with E-state index in [1.165, 1.54) is 0 Å². The zero-order valence-electron chi connectivity index (χ0n) is 44.3. The smallest absolute Gasteiger partial charge is 0.260 e. The van der Waals surface area contributed by atoms with E-state index in [-0.39, 0.29) is 53.5 Å². The molecule has 5 aromatic carbocycles. The third kappa shape index (κ3) is 12.5. The maximum absolute atomic E-state index is 14.3. The van der Waals surface area contributed by atoms with Crippen LogP contribution in [0.25, 0.3) is 0 Å². The number of oxime groups is 1. The molecule has 4 aliphatic rings. The van der Waals surface area contributed by atoms with Crippen LogP contribution in [-0.2, 0) is 40.5 Å². The van der Waals surface area contributed by atoms with Crippen molar-refractivity contribution in [3.63, 3.8) is 0 Å². The number of ether oxygens (including phenoxy) is 4. The van der Waals surface area contributed by atoms with Crippen molar-refractivity contribution >= 4 is 79.7 Å². The molecule has 0 bridgehead atoms. The van der Waals surface area contributed by atoms with Gasteiger partial charge in [-0.3, -0.25) is 19.2 Å². The largest absolute Gasteiger partial charge is 0.493 e. The predicted molar refractivity (Wildman–Crippen MR) is 305 cm³/mol. The van der Waals surface area contributed by atoms with Crippen molar-refractivity contribution in [2.45, 2.75) is 109 Å². The summed E-state index contributed by atoms with van der Waals surface area (Å²) in [6.45, 7) is 8.03. The third-order valence-electron chi connectivity index (χ3n) is 14.2. The fourth-order valence-corrected chi connectivity index (χ4v) is 13.1. The first-order valence-corrected chi connectivity index (χ1v) is 28.5. The summed E-state index contributed by atoms with van der Waals surface area (Å²) in [5.74, 6) is 2.58. The predicted octanol–water partition coefficient (Wildman–Crippen LogP) is 11.3. The number of carbonyl (C=O) groups excluding carboxylic acids is 4. The van der Waals surface area contributed by atoms with E-state index in [9.17, 15) is 19.2 Å². The molecule has 0 saturated heterocycles. The molecule has 0 aromatic heterocycles. The van der Waals surface area contributed by atoms with Crippen molar-refractivity contribution in [3.8, 4) is 23.0 Å². The van der Waals surface area contributed by atoms with Gasteiger partial charge in [-0.2, -0.15) is 0 Å². The Kier molecular flexibility index (Phi) is 17.3. The highest BCUT2D eigenvalue weighted by atomic mass is 33.1. The maximum Gasteiger partial charge on any atom is 0.260 e. The van der Waals surface area contributed by atoms with Gasteiger partial charge in [-0.1, -0.05) is 63.1 Å². The Labute approximate surface area is 453 Å². The summed E-state index contributed by atoms with van der Waals surface area (Å²) in [5.41, 5.74) is 8.73. The van der Waals surface area contributed by atoms with E-state index in [0.717, 1.165) is 77.2 Å². The molecule has 0 fully saturated rings. The number of benzene rings is 5. The number of rotatable bonds is 24. The molecular formula is C59H68N6O9S2. The van der Waals surface area contributed by atoms with Crippen LogP contribution in [0.2, 0.25) is 0 Å². The monoisotopic (exact) mass is 1070 g/mol. The number of para-hydroxylation sites is 2. The quantitative estimate of drug-likeness (QED) is 0.0260. The molecule has 2 atom stereocenters. The van der Waals surface area contributed by atoms with Gasteiger partial charge < -0.3 is 49.1 Å². The van der Waals surface area contributed by atoms with Crippen molar-refractivity contribution < 1.29 is 43.0 Å². The molecule has 4 heterocycles. The number of ketones is 1. The molecule has 76 heavy (non-hydrogen) atoms. The Morgan fingerprint density at radius 3 is 2.05 bits per heavy atom. The minimum atomic E-state index is -0.193. The SMILES string of the molecule is CC=NOCCCCC(=O)CCCSSC(C)(C)CCC(=O)Nc1cc(COc2cc3c(cc2OC)C(=O)N2c4ccccc4C[C@H]2CN3)cc(COc2cc3c(cc2OC)C(=O)N2c4ccccc4C[C@H]2CN3C)c1. The lowest BCUT2D eigenvalue weighted by atomic mass is 10.1. The highest BCUT2D eigenvalue weighted by Gasteiger charge is 2.40. The number of fused-ring (bicyclic) bond motifs is 8. The summed E-state index contributed by atoms with van der Waals surface area (Å²) < 4.78 is 24.6. The number of methoxy groups -OCH3 is 2. The molecule has 0 spiro atoms. The van der Waals surface area contributed by atoms with Crippen LogP contribution in [0, 0.1) is 0 Å². The number of hydrogen-bond acceptors (Lipinski definition) is 14. The van der Waals surface area contributed by atoms with E-state index in [2.05, 4.69) is 46.7 Å². The number of unbranched alkanes of at least 4 members (excludes halogenated alkanes) is 1. The minimum absolute atomic E-state index is 0.0121. The number of hydrogen-bond donors (Lipinski definition) is 2. The highest BCUT2D eigenvalue weighted by Crippen LogP contribution is 2.44. The number of nitrogens with one attached hydrogen (secondary N) is 2. The summed E-state index contributed by atoms with van der Waals surface area (Å²) >= 11 is 0. The molecule has 17 heteroatoms. The van der Waals surface area contributed by atoms with Gasteiger partial charge in [-0.25, -0.2) is 0 Å². The van der Waals surface area contributed by atoms with Crippen LogP contribution in [0.15, 0.2) is 96.2 Å². The Hall–Kier alpha value is -6.85. The molecule has 5 aromatic rings. The van der Waals surface area contributed by atoms with E-state index < -0.39 is 0 Å². The number of carbonyl (C=O) groups is 4. The van der Waals surface area contributed by atoms with Crippen molar-refractivity contribution in [3.05, 3.63) is 124 Å². The molecular weight excluding hydrogens is 1000 g/mol. The molecule has 2 N–H and O–H groups in total. The van der Waals surface area contributed by atoms with E-state index >= 15 is 0 Å². The first kappa shape index (κ1) is 54.0. The van der Waals surface area contributed by atoms with Crippen molar-refractivity contribution in [2.24, 2.45) is 5.16 Å². The summed E-state index contributed by atoms with van der Waals surface area (Å²) in [5, 5.41) is 10.4. The lowest BCUT2D eigenvalue weighted by Gasteiger charge is -2.25. The van der Waals surface area contributed by atoms with E-state index in [1.54, 1.807) is 61.1 Å². The van der Waals surface area contributed by atoms with Gasteiger partial charge in [0, 0.05) is 85.3 Å². The Bertz CT molecular complexity index is 2990. The van der Waals surface area contributed by atoms with Crippen molar-refractivity contribution in [1.82, 2.24) is 0 Å². The van der Waals surface area contributed by atoms with E-state index in [0.29, 0.717) is 90.9 Å². The summed E-state index contributed by atoms with van der Waals surface area (Å²) in [7, 11) is 8.60. The zero-order valence-corrected chi connectivity index (χ0v) is 45.9. The number of amides is 3. The van der Waals surface area contributed by atoms with Gasteiger partial charge in [0.2, 0.25) is 5.91 Å². The molecule has 0 saturated carbocycles. The van der Waals surface area contributed by atoms with Gasteiger partial charge in [-0.15, -0.1) is 0 Å². The molecule has 3 amide bonds. The lowest BCUT2D eigenvalue weighted by Crippen LogP contribution is -2.41. The van der Waals surface area contributed by atoms with E-state index in [4.69, 9.17) is 23.8 Å². The van der Waals surface area contributed by atoms with Crippen LogP contribution < -0.4 is 44.3 Å². The van der Waals surface area contributed by atoms with Crippen LogP contribution in [-0.4, -0.2) is 93.3 Å². The van der Waals surface area contributed by atoms with Gasteiger partial charge in [0.1, 0.15) is 25.6 Å². The molecule has 9 rings (SSSR count).